The van der Waals surface area contributed by atoms with Crippen LogP contribution in [0.3, 0.4) is 0 Å². The molecule has 3 nitrogen and oxygen atoms in total. The van der Waals surface area contributed by atoms with Crippen molar-refractivity contribution in [3.63, 3.8) is 0 Å². The first-order chi connectivity index (χ1) is 8.60. The monoisotopic (exact) mass is 255 g/mol. The van der Waals surface area contributed by atoms with Gasteiger partial charge in [0.25, 0.3) is 0 Å². The van der Waals surface area contributed by atoms with Gasteiger partial charge >= 0.3 is 0 Å². The number of hydrogen-bond donors (Lipinski definition) is 2. The normalized spacial score (nSPS) is 43.0. The van der Waals surface area contributed by atoms with Crippen molar-refractivity contribution in [3.8, 4) is 0 Å². The van der Waals surface area contributed by atoms with Crippen LogP contribution in [-0.2, 0) is 0 Å². The lowest BCUT2D eigenvalue weighted by Crippen LogP contribution is -2.46. The fraction of sp³-hybridized carbons (Fsp3) is 1.00. The first kappa shape index (κ1) is 14.3. The highest BCUT2D eigenvalue weighted by Gasteiger charge is 2.32. The molecule has 0 aromatic heterocycles. The lowest BCUT2D eigenvalue weighted by molar-refractivity contribution is -0.00606. The zero-order chi connectivity index (χ0) is 13.1. The van der Waals surface area contributed by atoms with Gasteiger partial charge in [-0.05, 0) is 43.4 Å². The van der Waals surface area contributed by atoms with E-state index in [4.69, 9.17) is 0 Å². The molecule has 0 amide bonds. The molecule has 0 radical (unpaired) electrons. The molecule has 0 bridgehead atoms. The summed E-state index contributed by atoms with van der Waals surface area (Å²) in [5.41, 5.74) is 0. The van der Waals surface area contributed by atoms with Crippen molar-refractivity contribution >= 4 is 0 Å². The largest absolute Gasteiger partial charge is 0.393 e. The molecule has 1 aliphatic carbocycles. The van der Waals surface area contributed by atoms with Crippen LogP contribution in [0.2, 0.25) is 0 Å². The predicted octanol–water partition coefficient (Wildman–Crippen LogP) is 1.88. The van der Waals surface area contributed by atoms with Gasteiger partial charge in [-0.1, -0.05) is 20.3 Å². The maximum atomic E-state index is 10.2. The number of piperidine rings is 1. The van der Waals surface area contributed by atoms with Gasteiger partial charge in [0.2, 0.25) is 0 Å². The molecule has 1 saturated heterocycles. The standard InChI is InChI=1S/C15H29NO2/c1-3-12-4-5-15(18)13(8-12)10-16-7-6-14(17)11(2)9-16/h11-15,17-18H,3-10H2,1-2H3. The molecule has 1 heterocycles. The van der Waals surface area contributed by atoms with Crippen LogP contribution in [0.1, 0.15) is 46.0 Å². The Bertz CT molecular complexity index is 259. The fourth-order valence-corrected chi connectivity index (χ4v) is 3.63. The lowest BCUT2D eigenvalue weighted by Gasteiger charge is -2.40. The molecule has 1 saturated carbocycles. The van der Waals surface area contributed by atoms with Gasteiger partial charge in [0.1, 0.15) is 0 Å². The van der Waals surface area contributed by atoms with Crippen molar-refractivity contribution in [1.29, 1.82) is 0 Å². The van der Waals surface area contributed by atoms with E-state index in [9.17, 15) is 10.2 Å². The minimum Gasteiger partial charge on any atom is -0.393 e. The quantitative estimate of drug-likeness (QED) is 0.809. The summed E-state index contributed by atoms with van der Waals surface area (Å²) in [6, 6.07) is 0. The molecule has 2 aliphatic rings. The van der Waals surface area contributed by atoms with E-state index in [0.717, 1.165) is 38.4 Å². The zero-order valence-corrected chi connectivity index (χ0v) is 11.9. The van der Waals surface area contributed by atoms with Gasteiger partial charge in [-0.25, -0.2) is 0 Å². The first-order valence-electron chi connectivity index (χ1n) is 7.68. The molecule has 2 N–H and O–H groups in total. The molecular weight excluding hydrogens is 226 g/mol. The number of aliphatic hydroxyl groups excluding tert-OH is 2. The maximum Gasteiger partial charge on any atom is 0.0590 e. The van der Waals surface area contributed by atoms with Gasteiger partial charge in [-0.15, -0.1) is 0 Å². The van der Waals surface area contributed by atoms with E-state index in [2.05, 4.69) is 18.7 Å². The number of nitrogens with zero attached hydrogens (tertiary/aromatic N) is 1. The van der Waals surface area contributed by atoms with E-state index in [1.54, 1.807) is 0 Å². The summed E-state index contributed by atoms with van der Waals surface area (Å²) in [7, 11) is 0. The van der Waals surface area contributed by atoms with Crippen molar-refractivity contribution < 1.29 is 10.2 Å². The second-order valence-corrected chi connectivity index (χ2v) is 6.51. The minimum atomic E-state index is -0.124. The Labute approximate surface area is 111 Å². The summed E-state index contributed by atoms with van der Waals surface area (Å²) in [4.78, 5) is 2.45. The fourth-order valence-electron chi connectivity index (χ4n) is 3.63. The number of hydrogen-bond acceptors (Lipinski definition) is 3. The van der Waals surface area contributed by atoms with Crippen LogP contribution < -0.4 is 0 Å². The first-order valence-corrected chi connectivity index (χ1v) is 7.68. The average Bonchev–Trinajstić information content (AvgIpc) is 2.36. The summed E-state index contributed by atoms with van der Waals surface area (Å²) in [6.07, 6.45) is 5.28. The molecule has 1 aliphatic heterocycles. The van der Waals surface area contributed by atoms with Gasteiger partial charge < -0.3 is 15.1 Å². The third kappa shape index (κ3) is 3.46. The smallest absolute Gasteiger partial charge is 0.0590 e. The molecule has 0 aromatic rings. The summed E-state index contributed by atoms with van der Waals surface area (Å²) in [6.45, 7) is 7.39. The van der Waals surface area contributed by atoms with Crippen LogP contribution in [0.5, 0.6) is 0 Å². The average molecular weight is 255 g/mol. The molecule has 106 valence electrons. The van der Waals surface area contributed by atoms with E-state index < -0.39 is 0 Å². The van der Waals surface area contributed by atoms with E-state index >= 15 is 0 Å². The van der Waals surface area contributed by atoms with Crippen molar-refractivity contribution in [3.05, 3.63) is 0 Å². The summed E-state index contributed by atoms with van der Waals surface area (Å²) in [5, 5.41) is 19.9. The maximum absolute atomic E-state index is 10.2. The second kappa shape index (κ2) is 6.36. The molecular formula is C15H29NO2. The number of rotatable bonds is 3. The van der Waals surface area contributed by atoms with E-state index in [0.29, 0.717) is 11.8 Å². The zero-order valence-electron chi connectivity index (χ0n) is 11.9. The molecule has 0 spiro atoms. The Balaban J connectivity index is 1.84. The Hall–Kier alpha value is -0.120. The van der Waals surface area contributed by atoms with Crippen molar-refractivity contribution in [1.82, 2.24) is 4.90 Å². The topological polar surface area (TPSA) is 43.7 Å². The molecule has 2 fully saturated rings. The van der Waals surface area contributed by atoms with Gasteiger partial charge in [0.15, 0.2) is 0 Å². The van der Waals surface area contributed by atoms with Crippen molar-refractivity contribution in [2.75, 3.05) is 19.6 Å². The Morgan fingerprint density at radius 3 is 2.56 bits per heavy atom. The van der Waals surface area contributed by atoms with Crippen LogP contribution in [0.15, 0.2) is 0 Å². The van der Waals surface area contributed by atoms with Crippen molar-refractivity contribution in [2.45, 2.75) is 58.2 Å². The Morgan fingerprint density at radius 1 is 1.11 bits per heavy atom. The Morgan fingerprint density at radius 2 is 1.89 bits per heavy atom. The minimum absolute atomic E-state index is 0.102. The lowest BCUT2D eigenvalue weighted by atomic mass is 9.78. The van der Waals surface area contributed by atoms with Gasteiger partial charge in [0, 0.05) is 19.6 Å². The molecule has 2 rings (SSSR count). The molecule has 5 atom stereocenters. The van der Waals surface area contributed by atoms with E-state index in [-0.39, 0.29) is 12.2 Å². The third-order valence-electron chi connectivity index (χ3n) is 5.07. The highest BCUT2D eigenvalue weighted by atomic mass is 16.3. The van der Waals surface area contributed by atoms with Crippen LogP contribution in [0.4, 0.5) is 0 Å². The van der Waals surface area contributed by atoms with Gasteiger partial charge in [-0.3, -0.25) is 0 Å². The third-order valence-corrected chi connectivity index (χ3v) is 5.07. The van der Waals surface area contributed by atoms with Gasteiger partial charge in [0.05, 0.1) is 12.2 Å². The van der Waals surface area contributed by atoms with Crippen LogP contribution in [0.25, 0.3) is 0 Å². The van der Waals surface area contributed by atoms with Crippen LogP contribution in [0, 0.1) is 17.8 Å². The Kier molecular flexibility index (Phi) is 5.05. The number of aliphatic hydroxyl groups is 2. The summed E-state index contributed by atoms with van der Waals surface area (Å²) < 4.78 is 0. The summed E-state index contributed by atoms with van der Waals surface area (Å²) >= 11 is 0. The SMILES string of the molecule is CCC1CCC(O)C(CN2CCC(O)C(C)C2)C1. The molecule has 18 heavy (non-hydrogen) atoms. The highest BCUT2D eigenvalue weighted by molar-refractivity contribution is 4.84. The van der Waals surface area contributed by atoms with Crippen molar-refractivity contribution in [2.24, 2.45) is 17.8 Å². The van der Waals surface area contributed by atoms with E-state index in [1.807, 2.05) is 0 Å². The predicted molar refractivity (Wildman–Crippen MR) is 73.4 cm³/mol. The van der Waals surface area contributed by atoms with Crippen LogP contribution in [-0.4, -0.2) is 47.0 Å². The second-order valence-electron chi connectivity index (χ2n) is 6.51. The summed E-state index contributed by atoms with van der Waals surface area (Å²) in [5.74, 6) is 1.64. The van der Waals surface area contributed by atoms with E-state index in [1.165, 1.54) is 19.3 Å². The number of likely N-dealkylation sites (tertiary alicyclic amines) is 1. The molecule has 5 unspecified atom stereocenters. The molecule has 3 heteroatoms. The van der Waals surface area contributed by atoms with Gasteiger partial charge in [-0.2, -0.15) is 0 Å². The highest BCUT2D eigenvalue weighted by Crippen LogP contribution is 2.32. The van der Waals surface area contributed by atoms with Crippen LogP contribution >= 0.6 is 0 Å². The molecule has 0 aromatic carbocycles.